The highest BCUT2D eigenvalue weighted by Gasteiger charge is 2.30. The Labute approximate surface area is 117 Å². The summed E-state index contributed by atoms with van der Waals surface area (Å²) in [4.78, 5) is 24.8. The van der Waals surface area contributed by atoms with Gasteiger partial charge in [-0.1, -0.05) is 20.3 Å². The molecule has 0 saturated heterocycles. The maximum Gasteiger partial charge on any atom is 0.324 e. The first kappa shape index (κ1) is 16.4. The zero-order chi connectivity index (χ0) is 15.3. The van der Waals surface area contributed by atoms with Crippen molar-refractivity contribution >= 4 is 16.0 Å². The number of nitrogens with one attached hydrogen (secondary N) is 2. The predicted molar refractivity (Wildman–Crippen MR) is 72.6 cm³/mol. The second-order valence-electron chi connectivity index (χ2n) is 4.40. The molecule has 2 N–H and O–H groups in total. The van der Waals surface area contributed by atoms with Crippen molar-refractivity contribution in [3.8, 4) is 0 Å². The minimum atomic E-state index is -3.91. The van der Waals surface area contributed by atoms with Gasteiger partial charge in [-0.15, -0.1) is 0 Å². The van der Waals surface area contributed by atoms with Crippen LogP contribution in [0.3, 0.4) is 0 Å². The van der Waals surface area contributed by atoms with Crippen molar-refractivity contribution in [2.75, 3.05) is 7.11 Å². The first-order valence-electron chi connectivity index (χ1n) is 6.10. The Morgan fingerprint density at radius 3 is 2.55 bits per heavy atom. The minimum Gasteiger partial charge on any atom is -0.468 e. The van der Waals surface area contributed by atoms with E-state index in [9.17, 15) is 18.0 Å². The van der Waals surface area contributed by atoms with Gasteiger partial charge in [-0.25, -0.2) is 8.42 Å². The molecule has 2 atom stereocenters. The number of ether oxygens (including phenoxy) is 1. The van der Waals surface area contributed by atoms with Crippen LogP contribution in [0.2, 0.25) is 0 Å². The van der Waals surface area contributed by atoms with Crippen molar-refractivity contribution in [2.45, 2.75) is 31.2 Å². The van der Waals surface area contributed by atoms with E-state index in [2.05, 4.69) is 14.4 Å². The SMILES string of the molecule is CCC(C)C(NS(=O)(=O)c1ccc(=O)[nH]c1)C(=O)OC. The lowest BCUT2D eigenvalue weighted by atomic mass is 10.0. The second-order valence-corrected chi connectivity index (χ2v) is 6.11. The number of sulfonamides is 1. The lowest BCUT2D eigenvalue weighted by molar-refractivity contribution is -0.143. The highest BCUT2D eigenvalue weighted by molar-refractivity contribution is 7.89. The highest BCUT2D eigenvalue weighted by Crippen LogP contribution is 2.13. The van der Waals surface area contributed by atoms with Gasteiger partial charge in [0.25, 0.3) is 0 Å². The summed E-state index contributed by atoms with van der Waals surface area (Å²) in [6, 6.07) is 1.30. The summed E-state index contributed by atoms with van der Waals surface area (Å²) in [5.41, 5.74) is -0.407. The van der Waals surface area contributed by atoms with Gasteiger partial charge in [0.2, 0.25) is 15.6 Å². The normalized spacial score (nSPS) is 14.6. The number of carbonyl (C=O) groups is 1. The van der Waals surface area contributed by atoms with Crippen LogP contribution in [0, 0.1) is 5.92 Å². The molecular weight excluding hydrogens is 284 g/mol. The summed E-state index contributed by atoms with van der Waals surface area (Å²) in [7, 11) is -2.71. The molecule has 112 valence electrons. The van der Waals surface area contributed by atoms with Crippen molar-refractivity contribution in [1.29, 1.82) is 0 Å². The summed E-state index contributed by atoms with van der Waals surface area (Å²) in [6.45, 7) is 3.59. The first-order valence-corrected chi connectivity index (χ1v) is 7.59. The molecule has 1 aromatic rings. The van der Waals surface area contributed by atoms with Crippen molar-refractivity contribution in [3.63, 3.8) is 0 Å². The van der Waals surface area contributed by atoms with Gasteiger partial charge in [0.05, 0.1) is 12.0 Å². The number of H-pyrrole nitrogens is 1. The summed E-state index contributed by atoms with van der Waals surface area (Å²) < 4.78 is 31.2. The van der Waals surface area contributed by atoms with Gasteiger partial charge in [-0.05, 0) is 12.0 Å². The average Bonchev–Trinajstić information content (AvgIpc) is 2.43. The van der Waals surface area contributed by atoms with Crippen LogP contribution in [0.1, 0.15) is 20.3 Å². The Morgan fingerprint density at radius 1 is 1.45 bits per heavy atom. The number of rotatable bonds is 6. The van der Waals surface area contributed by atoms with Crippen LogP contribution in [0.4, 0.5) is 0 Å². The molecule has 0 fully saturated rings. The Morgan fingerprint density at radius 2 is 2.10 bits per heavy atom. The monoisotopic (exact) mass is 302 g/mol. The van der Waals surface area contributed by atoms with Crippen molar-refractivity contribution in [1.82, 2.24) is 9.71 Å². The van der Waals surface area contributed by atoms with Crippen molar-refractivity contribution < 1.29 is 17.9 Å². The molecule has 0 radical (unpaired) electrons. The number of hydrogen-bond donors (Lipinski definition) is 2. The molecule has 2 unspecified atom stereocenters. The van der Waals surface area contributed by atoms with Gasteiger partial charge < -0.3 is 9.72 Å². The van der Waals surface area contributed by atoms with Crippen LogP contribution in [0.5, 0.6) is 0 Å². The topological polar surface area (TPSA) is 105 Å². The standard InChI is InChI=1S/C12H18N2O5S/c1-4-8(2)11(12(16)19-3)14-20(17,18)9-5-6-10(15)13-7-9/h5-8,11,14H,4H2,1-3H3,(H,13,15). The Hall–Kier alpha value is -1.67. The van der Waals surface area contributed by atoms with E-state index in [4.69, 9.17) is 0 Å². The number of esters is 1. The largest absolute Gasteiger partial charge is 0.468 e. The zero-order valence-electron chi connectivity index (χ0n) is 11.5. The summed E-state index contributed by atoms with van der Waals surface area (Å²) in [5.74, 6) is -0.868. The molecule has 0 aliphatic carbocycles. The quantitative estimate of drug-likeness (QED) is 0.732. The number of aromatic amines is 1. The van der Waals surface area contributed by atoms with Gasteiger partial charge in [-0.2, -0.15) is 4.72 Å². The first-order chi connectivity index (χ1) is 9.31. The maximum atomic E-state index is 12.2. The molecule has 0 saturated carbocycles. The molecular formula is C12H18N2O5S. The smallest absolute Gasteiger partial charge is 0.324 e. The molecule has 1 heterocycles. The number of methoxy groups -OCH3 is 1. The third-order valence-corrected chi connectivity index (χ3v) is 4.45. The minimum absolute atomic E-state index is 0.116. The predicted octanol–water partition coefficient (Wildman–Crippen LogP) is 0.241. The number of pyridine rings is 1. The van der Waals surface area contributed by atoms with Gasteiger partial charge in [0.15, 0.2) is 0 Å². The van der Waals surface area contributed by atoms with E-state index < -0.39 is 27.6 Å². The number of hydrogen-bond acceptors (Lipinski definition) is 5. The average molecular weight is 302 g/mol. The third-order valence-electron chi connectivity index (χ3n) is 3.02. The zero-order valence-corrected chi connectivity index (χ0v) is 12.4. The lowest BCUT2D eigenvalue weighted by Crippen LogP contribution is -2.45. The Balaban J connectivity index is 3.05. The molecule has 7 nitrogen and oxygen atoms in total. The molecule has 0 spiro atoms. The highest BCUT2D eigenvalue weighted by atomic mass is 32.2. The van der Waals surface area contributed by atoms with E-state index in [0.29, 0.717) is 6.42 Å². The van der Waals surface area contributed by atoms with Crippen LogP contribution < -0.4 is 10.3 Å². The molecule has 8 heteroatoms. The molecule has 0 aliphatic heterocycles. The van der Waals surface area contributed by atoms with Gasteiger partial charge in [0.1, 0.15) is 6.04 Å². The van der Waals surface area contributed by atoms with E-state index >= 15 is 0 Å². The molecule has 0 amide bonds. The van der Waals surface area contributed by atoms with E-state index in [-0.39, 0.29) is 10.8 Å². The molecule has 0 aliphatic rings. The van der Waals surface area contributed by atoms with E-state index in [1.54, 1.807) is 6.92 Å². The summed E-state index contributed by atoms with van der Waals surface area (Å²) in [6.07, 6.45) is 1.68. The lowest BCUT2D eigenvalue weighted by Gasteiger charge is -2.21. The Kier molecular flexibility index (Phi) is 5.46. The fraction of sp³-hybridized carbons (Fsp3) is 0.500. The Bertz CT molecular complexity index is 602. The maximum absolute atomic E-state index is 12.2. The summed E-state index contributed by atoms with van der Waals surface area (Å²) >= 11 is 0. The van der Waals surface area contributed by atoms with Crippen LogP contribution in [-0.4, -0.2) is 32.5 Å². The summed E-state index contributed by atoms with van der Waals surface area (Å²) in [5, 5.41) is 0. The van der Waals surface area contributed by atoms with Gasteiger partial charge >= 0.3 is 5.97 Å². The van der Waals surface area contributed by atoms with Gasteiger partial charge in [-0.3, -0.25) is 9.59 Å². The fourth-order valence-electron chi connectivity index (χ4n) is 1.56. The van der Waals surface area contributed by atoms with Crippen LogP contribution in [0.25, 0.3) is 0 Å². The second kappa shape index (κ2) is 6.67. The third kappa shape index (κ3) is 3.91. The number of carbonyl (C=O) groups excluding carboxylic acids is 1. The van der Waals surface area contributed by atoms with Crippen LogP contribution in [0.15, 0.2) is 28.0 Å². The van der Waals surface area contributed by atoms with Crippen LogP contribution >= 0.6 is 0 Å². The van der Waals surface area contributed by atoms with Crippen molar-refractivity contribution in [3.05, 3.63) is 28.7 Å². The molecule has 1 rings (SSSR count). The number of aromatic nitrogens is 1. The van der Waals surface area contributed by atoms with Crippen molar-refractivity contribution in [2.24, 2.45) is 5.92 Å². The van der Waals surface area contributed by atoms with E-state index in [1.807, 2.05) is 6.92 Å². The molecule has 0 bridgehead atoms. The fourth-order valence-corrected chi connectivity index (χ4v) is 2.82. The van der Waals surface area contributed by atoms with Crippen LogP contribution in [-0.2, 0) is 19.6 Å². The molecule has 1 aromatic heterocycles. The molecule has 0 aromatic carbocycles. The van der Waals surface area contributed by atoms with E-state index in [0.717, 1.165) is 12.3 Å². The van der Waals surface area contributed by atoms with E-state index in [1.165, 1.54) is 13.2 Å². The molecule has 20 heavy (non-hydrogen) atoms. The van der Waals surface area contributed by atoms with Gasteiger partial charge in [0, 0.05) is 12.3 Å².